The van der Waals surface area contributed by atoms with E-state index in [2.05, 4.69) is 22.7 Å². The summed E-state index contributed by atoms with van der Waals surface area (Å²) in [6, 6.07) is 16.0. The van der Waals surface area contributed by atoms with Crippen LogP contribution in [0.1, 0.15) is 32.6 Å². The Balaban J connectivity index is 1.80. The number of nitrogens with zero attached hydrogens (tertiary/aromatic N) is 2. The van der Waals surface area contributed by atoms with Crippen molar-refractivity contribution < 1.29 is 9.90 Å². The number of rotatable bonds is 4. The molecule has 0 spiro atoms. The number of carbonyl (C=O) groups is 1. The van der Waals surface area contributed by atoms with Crippen molar-refractivity contribution in [3.8, 4) is 0 Å². The van der Waals surface area contributed by atoms with E-state index in [1.54, 1.807) is 0 Å². The number of aliphatic hydroxyl groups is 1. The van der Waals surface area contributed by atoms with E-state index < -0.39 is 0 Å². The topological polar surface area (TPSA) is 74.6 Å². The van der Waals surface area contributed by atoms with Crippen molar-refractivity contribution in [2.45, 2.75) is 32.6 Å². The molecule has 5 heteroatoms. The van der Waals surface area contributed by atoms with Gasteiger partial charge in [-0.2, -0.15) is 5.10 Å². The SMILES string of the molecule is CC/C(=N\Nc1nc2ccccc2c2ccccc12)C1=C(O)CCCC1=O. The predicted octanol–water partition coefficient (Wildman–Crippen LogP) is 5.13. The van der Waals surface area contributed by atoms with Crippen LogP contribution >= 0.6 is 0 Å². The highest BCUT2D eigenvalue weighted by atomic mass is 16.3. The van der Waals surface area contributed by atoms with Gasteiger partial charge in [0.1, 0.15) is 5.76 Å². The monoisotopic (exact) mass is 359 g/mol. The van der Waals surface area contributed by atoms with Crippen LogP contribution in [0.5, 0.6) is 0 Å². The molecule has 0 bridgehead atoms. The highest BCUT2D eigenvalue weighted by Crippen LogP contribution is 2.29. The maximum Gasteiger partial charge on any atom is 0.168 e. The molecule has 27 heavy (non-hydrogen) atoms. The summed E-state index contributed by atoms with van der Waals surface area (Å²) in [5.41, 5.74) is 4.85. The summed E-state index contributed by atoms with van der Waals surface area (Å²) in [7, 11) is 0. The number of hydrogen-bond donors (Lipinski definition) is 2. The number of fused-ring (bicyclic) bond motifs is 3. The molecule has 0 unspecified atom stereocenters. The lowest BCUT2D eigenvalue weighted by Gasteiger charge is -2.16. The smallest absolute Gasteiger partial charge is 0.168 e. The van der Waals surface area contributed by atoms with Gasteiger partial charge in [-0.1, -0.05) is 49.4 Å². The minimum absolute atomic E-state index is 0.0440. The van der Waals surface area contributed by atoms with Gasteiger partial charge < -0.3 is 5.11 Å². The molecule has 1 aliphatic carbocycles. The van der Waals surface area contributed by atoms with E-state index in [0.29, 0.717) is 42.8 Å². The Morgan fingerprint density at radius 2 is 1.78 bits per heavy atom. The fourth-order valence-corrected chi connectivity index (χ4v) is 3.58. The number of aliphatic hydroxyl groups excluding tert-OH is 1. The van der Waals surface area contributed by atoms with E-state index in [-0.39, 0.29) is 11.5 Å². The van der Waals surface area contributed by atoms with E-state index >= 15 is 0 Å². The van der Waals surface area contributed by atoms with E-state index in [4.69, 9.17) is 4.98 Å². The number of allylic oxidation sites excluding steroid dienone is 2. The summed E-state index contributed by atoms with van der Waals surface area (Å²) in [6.45, 7) is 1.93. The Bertz CT molecular complexity index is 1100. The second kappa shape index (κ2) is 7.19. The zero-order valence-corrected chi connectivity index (χ0v) is 15.2. The van der Waals surface area contributed by atoms with Gasteiger partial charge in [-0.15, -0.1) is 0 Å². The van der Waals surface area contributed by atoms with Crippen LogP contribution in [-0.2, 0) is 4.79 Å². The zero-order valence-electron chi connectivity index (χ0n) is 15.2. The highest BCUT2D eigenvalue weighted by molar-refractivity contribution is 6.23. The first kappa shape index (κ1) is 17.2. The molecule has 136 valence electrons. The van der Waals surface area contributed by atoms with Gasteiger partial charge in [-0.3, -0.25) is 10.2 Å². The maximum absolute atomic E-state index is 12.3. The fourth-order valence-electron chi connectivity index (χ4n) is 3.58. The number of anilines is 1. The first-order chi connectivity index (χ1) is 13.2. The molecular weight excluding hydrogens is 338 g/mol. The second-order valence-electron chi connectivity index (χ2n) is 6.65. The van der Waals surface area contributed by atoms with Gasteiger partial charge >= 0.3 is 0 Å². The second-order valence-corrected chi connectivity index (χ2v) is 6.65. The lowest BCUT2D eigenvalue weighted by atomic mass is 9.92. The standard InChI is InChI=1S/C22H21N3O2/c1-2-17(21-19(26)12-7-13-20(21)27)24-25-22-16-10-4-3-8-14(16)15-9-5-6-11-18(15)23-22/h3-6,8-11,26H,2,7,12-13H2,1H3,(H,23,25)/b24-17+. The fraction of sp³-hybridized carbons (Fsp3) is 0.227. The van der Waals surface area contributed by atoms with Gasteiger partial charge in [-0.25, -0.2) is 4.98 Å². The van der Waals surface area contributed by atoms with Gasteiger partial charge in [0.15, 0.2) is 11.6 Å². The summed E-state index contributed by atoms with van der Waals surface area (Å²) in [5.74, 6) is 0.737. The number of pyridine rings is 1. The number of nitrogens with one attached hydrogen (secondary N) is 1. The molecule has 1 aromatic heterocycles. The predicted molar refractivity (Wildman–Crippen MR) is 109 cm³/mol. The van der Waals surface area contributed by atoms with Crippen molar-refractivity contribution in [2.24, 2.45) is 5.10 Å². The largest absolute Gasteiger partial charge is 0.511 e. The first-order valence-corrected chi connectivity index (χ1v) is 9.24. The van der Waals surface area contributed by atoms with Crippen molar-refractivity contribution in [1.82, 2.24) is 4.98 Å². The first-order valence-electron chi connectivity index (χ1n) is 9.24. The number of carbonyl (C=O) groups excluding carboxylic acids is 1. The Morgan fingerprint density at radius 3 is 2.52 bits per heavy atom. The molecule has 1 aliphatic rings. The molecule has 3 aromatic rings. The lowest BCUT2D eigenvalue weighted by Crippen LogP contribution is -2.20. The third-order valence-electron chi connectivity index (χ3n) is 4.91. The molecule has 4 rings (SSSR count). The van der Waals surface area contributed by atoms with E-state index in [1.807, 2.05) is 43.3 Å². The minimum Gasteiger partial charge on any atom is -0.511 e. The molecule has 2 N–H and O–H groups in total. The third-order valence-corrected chi connectivity index (χ3v) is 4.91. The van der Waals surface area contributed by atoms with Crippen LogP contribution in [0.4, 0.5) is 5.82 Å². The van der Waals surface area contributed by atoms with Gasteiger partial charge in [0.25, 0.3) is 0 Å². The summed E-state index contributed by atoms with van der Waals surface area (Å²) >= 11 is 0. The Morgan fingerprint density at radius 1 is 1.07 bits per heavy atom. The number of hydrazone groups is 1. The molecule has 0 amide bonds. The molecule has 0 radical (unpaired) electrons. The normalized spacial score (nSPS) is 15.6. The summed E-state index contributed by atoms with van der Waals surface area (Å²) in [6.07, 6.45) is 2.21. The molecule has 1 heterocycles. The van der Waals surface area contributed by atoms with Gasteiger partial charge in [0.05, 0.1) is 16.8 Å². The number of aromatic nitrogens is 1. The average molecular weight is 359 g/mol. The Kier molecular flexibility index (Phi) is 4.59. The molecule has 5 nitrogen and oxygen atoms in total. The third kappa shape index (κ3) is 3.16. The molecule has 0 saturated carbocycles. The van der Waals surface area contributed by atoms with Crippen LogP contribution in [0.3, 0.4) is 0 Å². The van der Waals surface area contributed by atoms with E-state index in [0.717, 1.165) is 21.7 Å². The van der Waals surface area contributed by atoms with Crippen molar-refractivity contribution >= 4 is 39.0 Å². The average Bonchev–Trinajstić information content (AvgIpc) is 2.70. The van der Waals surface area contributed by atoms with Crippen LogP contribution in [0.25, 0.3) is 21.7 Å². The van der Waals surface area contributed by atoms with Crippen LogP contribution < -0.4 is 5.43 Å². The minimum atomic E-state index is -0.0440. The van der Waals surface area contributed by atoms with Crippen LogP contribution in [0, 0.1) is 0 Å². The van der Waals surface area contributed by atoms with E-state index in [9.17, 15) is 9.90 Å². The number of benzene rings is 2. The molecule has 2 aromatic carbocycles. The van der Waals surface area contributed by atoms with Gasteiger partial charge in [0, 0.05) is 23.6 Å². The molecular formula is C22H21N3O2. The quantitative estimate of drug-likeness (QED) is 0.385. The summed E-state index contributed by atoms with van der Waals surface area (Å²) in [4.78, 5) is 17.0. The van der Waals surface area contributed by atoms with E-state index in [1.165, 1.54) is 0 Å². The van der Waals surface area contributed by atoms with Gasteiger partial charge in [-0.05, 0) is 24.3 Å². The summed E-state index contributed by atoms with van der Waals surface area (Å²) < 4.78 is 0. The van der Waals surface area contributed by atoms with Crippen molar-refractivity contribution in [2.75, 3.05) is 5.43 Å². The Labute approximate surface area is 157 Å². The summed E-state index contributed by atoms with van der Waals surface area (Å²) in [5, 5.41) is 17.8. The number of para-hydroxylation sites is 1. The van der Waals surface area contributed by atoms with Crippen LogP contribution in [0.15, 0.2) is 65.0 Å². The van der Waals surface area contributed by atoms with Crippen molar-refractivity contribution in [3.63, 3.8) is 0 Å². The molecule has 0 aliphatic heterocycles. The lowest BCUT2D eigenvalue weighted by molar-refractivity contribution is -0.115. The molecule has 0 saturated heterocycles. The number of hydrogen-bond acceptors (Lipinski definition) is 5. The maximum atomic E-state index is 12.3. The number of ketones is 1. The van der Waals surface area contributed by atoms with Crippen molar-refractivity contribution in [1.29, 1.82) is 0 Å². The van der Waals surface area contributed by atoms with Gasteiger partial charge in [0.2, 0.25) is 0 Å². The van der Waals surface area contributed by atoms with Crippen LogP contribution in [0.2, 0.25) is 0 Å². The number of Topliss-reactive ketones (excluding diaryl/α,β-unsaturated/α-hetero) is 1. The highest BCUT2D eigenvalue weighted by Gasteiger charge is 2.24. The molecule has 0 atom stereocenters. The Hall–Kier alpha value is -3.21. The van der Waals surface area contributed by atoms with Crippen molar-refractivity contribution in [3.05, 3.63) is 59.9 Å². The molecule has 0 fully saturated rings. The zero-order chi connectivity index (χ0) is 18.8. The van der Waals surface area contributed by atoms with Crippen LogP contribution in [-0.4, -0.2) is 21.6 Å².